The van der Waals surface area contributed by atoms with Crippen LogP contribution in [-0.4, -0.2) is 24.2 Å². The number of benzene rings is 4. The number of anilines is 3. The molecule has 0 saturated carbocycles. The molecular formula is C29H24ClFN4O3. The van der Waals surface area contributed by atoms with E-state index in [-0.39, 0.29) is 5.02 Å². The zero-order chi connectivity index (χ0) is 26.5. The highest BCUT2D eigenvalue weighted by atomic mass is 35.5. The molecule has 0 aliphatic rings. The molecule has 0 aliphatic carbocycles. The van der Waals surface area contributed by atoms with Crippen LogP contribution in [0.1, 0.15) is 5.56 Å². The van der Waals surface area contributed by atoms with Crippen molar-refractivity contribution in [2.45, 2.75) is 6.54 Å². The van der Waals surface area contributed by atoms with Gasteiger partial charge in [0.25, 0.3) is 0 Å². The third-order valence-electron chi connectivity index (χ3n) is 5.81. The monoisotopic (exact) mass is 530 g/mol. The predicted octanol–water partition coefficient (Wildman–Crippen LogP) is 7.59. The van der Waals surface area contributed by atoms with Crippen LogP contribution in [0.4, 0.5) is 21.6 Å². The number of nitrogens with zero attached hydrogens (tertiary/aromatic N) is 2. The van der Waals surface area contributed by atoms with Gasteiger partial charge >= 0.3 is 0 Å². The van der Waals surface area contributed by atoms with Crippen LogP contribution >= 0.6 is 11.6 Å². The largest absolute Gasteiger partial charge is 0.497 e. The zero-order valence-corrected chi connectivity index (χ0v) is 21.4. The van der Waals surface area contributed by atoms with Crippen molar-refractivity contribution < 1.29 is 18.6 Å². The van der Waals surface area contributed by atoms with Crippen molar-refractivity contribution in [1.82, 2.24) is 9.97 Å². The predicted molar refractivity (Wildman–Crippen MR) is 148 cm³/mol. The number of fused-ring (bicyclic) bond motifs is 1. The van der Waals surface area contributed by atoms with E-state index in [9.17, 15) is 4.39 Å². The van der Waals surface area contributed by atoms with Crippen LogP contribution in [0.15, 0.2) is 85.2 Å². The number of nitrogens with one attached hydrogen (secondary N) is 2. The van der Waals surface area contributed by atoms with E-state index in [1.807, 2.05) is 48.5 Å². The Morgan fingerprint density at radius 2 is 1.68 bits per heavy atom. The van der Waals surface area contributed by atoms with Crippen LogP contribution in [0, 0.1) is 5.82 Å². The van der Waals surface area contributed by atoms with Crippen molar-refractivity contribution in [3.8, 4) is 23.0 Å². The number of ether oxygens (including phenoxy) is 3. The van der Waals surface area contributed by atoms with Crippen molar-refractivity contribution in [1.29, 1.82) is 0 Å². The third-order valence-corrected chi connectivity index (χ3v) is 6.10. The van der Waals surface area contributed by atoms with Crippen molar-refractivity contribution in [2.24, 2.45) is 0 Å². The van der Waals surface area contributed by atoms with Crippen molar-refractivity contribution >= 4 is 39.7 Å². The summed E-state index contributed by atoms with van der Waals surface area (Å²) in [5.74, 6) is 2.63. The summed E-state index contributed by atoms with van der Waals surface area (Å²) in [6, 6.07) is 23.5. The van der Waals surface area contributed by atoms with E-state index in [0.29, 0.717) is 41.0 Å². The molecular weight excluding hydrogens is 507 g/mol. The third kappa shape index (κ3) is 5.71. The molecule has 192 valence electrons. The SMILES string of the molecule is COc1ccc(OC)c(Oc2cccc(CNc3ccc4ncnc(Nc5ccc(F)c(Cl)c5)c4c3)c2)c1. The molecule has 0 atom stereocenters. The second-order valence-electron chi connectivity index (χ2n) is 8.33. The molecule has 7 nitrogen and oxygen atoms in total. The molecule has 0 bridgehead atoms. The summed E-state index contributed by atoms with van der Waals surface area (Å²) in [5.41, 5.74) is 3.30. The maximum Gasteiger partial charge on any atom is 0.172 e. The topological polar surface area (TPSA) is 77.5 Å². The minimum atomic E-state index is -0.478. The lowest BCUT2D eigenvalue weighted by Crippen LogP contribution is -2.01. The van der Waals surface area contributed by atoms with E-state index in [2.05, 4.69) is 20.6 Å². The Labute approximate surface area is 224 Å². The molecule has 2 N–H and O–H groups in total. The summed E-state index contributed by atoms with van der Waals surface area (Å²) in [5, 5.41) is 7.48. The number of aromatic nitrogens is 2. The van der Waals surface area contributed by atoms with E-state index in [0.717, 1.165) is 22.2 Å². The molecule has 0 fully saturated rings. The number of hydrogen-bond donors (Lipinski definition) is 2. The molecule has 1 heterocycles. The first kappa shape index (κ1) is 25.1. The molecule has 9 heteroatoms. The van der Waals surface area contributed by atoms with Gasteiger partial charge in [-0.15, -0.1) is 0 Å². The smallest absolute Gasteiger partial charge is 0.172 e. The van der Waals surface area contributed by atoms with Crippen LogP contribution in [0.25, 0.3) is 10.9 Å². The molecule has 0 aliphatic heterocycles. The number of rotatable bonds is 9. The highest BCUT2D eigenvalue weighted by molar-refractivity contribution is 6.31. The van der Waals surface area contributed by atoms with Gasteiger partial charge in [0, 0.05) is 29.4 Å². The molecule has 5 aromatic rings. The van der Waals surface area contributed by atoms with Crippen molar-refractivity contribution in [2.75, 3.05) is 24.9 Å². The highest BCUT2D eigenvalue weighted by Gasteiger charge is 2.10. The molecule has 0 spiro atoms. The Morgan fingerprint density at radius 3 is 2.50 bits per heavy atom. The van der Waals surface area contributed by atoms with Gasteiger partial charge in [-0.2, -0.15) is 0 Å². The quantitative estimate of drug-likeness (QED) is 0.203. The first-order valence-corrected chi connectivity index (χ1v) is 12.1. The summed E-state index contributed by atoms with van der Waals surface area (Å²) >= 11 is 5.93. The molecule has 5 rings (SSSR count). The van der Waals surface area contributed by atoms with E-state index < -0.39 is 5.82 Å². The van der Waals surface area contributed by atoms with E-state index in [1.54, 1.807) is 32.4 Å². The maximum atomic E-state index is 13.6. The van der Waals surface area contributed by atoms with Gasteiger partial charge < -0.3 is 24.8 Å². The lowest BCUT2D eigenvalue weighted by molar-refractivity contribution is 0.371. The minimum Gasteiger partial charge on any atom is -0.497 e. The maximum absolute atomic E-state index is 13.6. The normalized spacial score (nSPS) is 10.7. The lowest BCUT2D eigenvalue weighted by Gasteiger charge is -2.13. The fourth-order valence-electron chi connectivity index (χ4n) is 3.89. The van der Waals surface area contributed by atoms with Crippen LogP contribution in [-0.2, 0) is 6.54 Å². The number of halogens is 2. The van der Waals surface area contributed by atoms with Crippen LogP contribution < -0.4 is 24.8 Å². The van der Waals surface area contributed by atoms with Gasteiger partial charge in [0.1, 0.15) is 29.5 Å². The zero-order valence-electron chi connectivity index (χ0n) is 20.7. The summed E-state index contributed by atoms with van der Waals surface area (Å²) in [6.07, 6.45) is 1.48. The first-order chi connectivity index (χ1) is 18.5. The molecule has 0 saturated heterocycles. The minimum absolute atomic E-state index is 0.0340. The molecule has 4 aromatic carbocycles. The summed E-state index contributed by atoms with van der Waals surface area (Å²) < 4.78 is 30.4. The Hall–Kier alpha value is -4.56. The van der Waals surface area contributed by atoms with Crippen molar-refractivity contribution in [3.05, 3.63) is 102 Å². The Balaban J connectivity index is 1.33. The summed E-state index contributed by atoms with van der Waals surface area (Å²) in [7, 11) is 3.20. The van der Waals surface area contributed by atoms with Gasteiger partial charge in [0.15, 0.2) is 11.5 Å². The van der Waals surface area contributed by atoms with Crippen LogP contribution in [0.2, 0.25) is 5.02 Å². The summed E-state index contributed by atoms with van der Waals surface area (Å²) in [6.45, 7) is 0.558. The van der Waals surface area contributed by atoms with Crippen LogP contribution in [0.5, 0.6) is 23.0 Å². The number of methoxy groups -OCH3 is 2. The molecule has 1 aromatic heterocycles. The molecule has 0 amide bonds. The Bertz CT molecular complexity index is 1600. The van der Waals surface area contributed by atoms with Gasteiger partial charge in [-0.1, -0.05) is 23.7 Å². The average Bonchev–Trinajstić information content (AvgIpc) is 2.94. The van der Waals surface area contributed by atoms with Gasteiger partial charge in [-0.3, -0.25) is 0 Å². The second-order valence-corrected chi connectivity index (χ2v) is 8.74. The average molecular weight is 531 g/mol. The lowest BCUT2D eigenvalue weighted by atomic mass is 10.1. The Morgan fingerprint density at radius 1 is 0.816 bits per heavy atom. The fourth-order valence-corrected chi connectivity index (χ4v) is 4.07. The second kappa shape index (κ2) is 11.2. The van der Waals surface area contributed by atoms with Crippen molar-refractivity contribution in [3.63, 3.8) is 0 Å². The Kier molecular flexibility index (Phi) is 7.42. The molecule has 0 unspecified atom stereocenters. The molecule has 38 heavy (non-hydrogen) atoms. The van der Waals surface area contributed by atoms with Gasteiger partial charge in [-0.05, 0) is 66.2 Å². The van der Waals surface area contributed by atoms with Crippen LogP contribution in [0.3, 0.4) is 0 Å². The number of hydrogen-bond acceptors (Lipinski definition) is 7. The van der Waals surface area contributed by atoms with E-state index in [4.69, 9.17) is 25.8 Å². The van der Waals surface area contributed by atoms with E-state index >= 15 is 0 Å². The highest BCUT2D eigenvalue weighted by Crippen LogP contribution is 2.35. The first-order valence-electron chi connectivity index (χ1n) is 11.7. The van der Waals surface area contributed by atoms with Gasteiger partial charge in [0.05, 0.1) is 24.8 Å². The molecule has 0 radical (unpaired) electrons. The van der Waals surface area contributed by atoms with Gasteiger partial charge in [0.2, 0.25) is 0 Å². The van der Waals surface area contributed by atoms with Gasteiger partial charge in [-0.25, -0.2) is 14.4 Å². The summed E-state index contributed by atoms with van der Waals surface area (Å²) in [4.78, 5) is 8.72. The fraction of sp³-hybridized carbons (Fsp3) is 0.103. The standard InChI is InChI=1S/C29H24ClFN4O3/c1-36-21-8-11-27(37-2)28(15-21)38-22-5-3-4-18(12-22)16-32-19-7-10-26-23(13-19)29(34-17-33-26)35-20-6-9-25(31)24(30)14-20/h3-15,17,32H,16H2,1-2H3,(H,33,34,35). The van der Waals surface area contributed by atoms with E-state index in [1.165, 1.54) is 18.5 Å².